The minimum atomic E-state index is 0.0549. The largest absolute Gasteiger partial charge is 0.343 e. The van der Waals surface area contributed by atoms with Gasteiger partial charge in [-0.2, -0.15) is 0 Å². The fraction of sp³-hybridized carbons (Fsp3) is 0.250. The molecule has 2 aromatic carbocycles. The van der Waals surface area contributed by atoms with Crippen molar-refractivity contribution in [2.45, 2.75) is 33.6 Å². The van der Waals surface area contributed by atoms with E-state index in [9.17, 15) is 9.59 Å². The van der Waals surface area contributed by atoms with E-state index in [0.717, 1.165) is 33.7 Å². The van der Waals surface area contributed by atoms with Gasteiger partial charge < -0.3 is 9.30 Å². The molecule has 0 radical (unpaired) electrons. The Bertz CT molecular complexity index is 1270. The zero-order valence-corrected chi connectivity index (χ0v) is 19.4. The normalized spacial score (nSPS) is 11.0. The van der Waals surface area contributed by atoms with Crippen LogP contribution in [-0.4, -0.2) is 39.1 Å². The van der Waals surface area contributed by atoms with Gasteiger partial charge in [0.2, 0.25) is 5.91 Å². The lowest BCUT2D eigenvalue weighted by Gasteiger charge is -2.18. The van der Waals surface area contributed by atoms with E-state index in [2.05, 4.69) is 22.7 Å². The Balaban J connectivity index is 1.76. The number of fused-ring (bicyclic) bond motifs is 1. The van der Waals surface area contributed by atoms with Gasteiger partial charge in [0, 0.05) is 36.8 Å². The lowest BCUT2D eigenvalue weighted by atomic mass is 10.0. The number of hydrogen-bond donors (Lipinski definition) is 0. The average Bonchev–Trinajstić information content (AvgIpc) is 3.22. The van der Waals surface area contributed by atoms with E-state index in [1.54, 1.807) is 6.92 Å². The van der Waals surface area contributed by atoms with Crippen molar-refractivity contribution in [2.24, 2.45) is 0 Å². The molecule has 0 aliphatic rings. The van der Waals surface area contributed by atoms with Crippen LogP contribution in [0.1, 0.15) is 43.2 Å². The summed E-state index contributed by atoms with van der Waals surface area (Å²) in [5, 5.41) is 0. The van der Waals surface area contributed by atoms with Crippen LogP contribution < -0.4 is 0 Å². The topological polar surface area (TPSA) is 54.7 Å². The predicted molar refractivity (Wildman–Crippen MR) is 132 cm³/mol. The van der Waals surface area contributed by atoms with Gasteiger partial charge in [0.1, 0.15) is 5.65 Å². The van der Waals surface area contributed by atoms with Gasteiger partial charge in [0.05, 0.1) is 11.4 Å². The summed E-state index contributed by atoms with van der Waals surface area (Å²) in [4.78, 5) is 31.1. The van der Waals surface area contributed by atoms with Crippen LogP contribution >= 0.6 is 0 Å². The Labute approximate surface area is 194 Å². The molecule has 0 N–H and O–H groups in total. The number of ketones is 1. The highest BCUT2D eigenvalue weighted by atomic mass is 16.2. The minimum Gasteiger partial charge on any atom is -0.343 e. The molecule has 0 atom stereocenters. The first-order chi connectivity index (χ1) is 16.0. The molecule has 5 heteroatoms. The lowest BCUT2D eigenvalue weighted by Crippen LogP contribution is -2.30. The molecule has 4 aromatic rings. The van der Waals surface area contributed by atoms with Crippen LogP contribution in [0.25, 0.3) is 28.0 Å². The highest BCUT2D eigenvalue weighted by molar-refractivity contribution is 5.94. The van der Waals surface area contributed by atoms with E-state index in [1.165, 1.54) is 0 Å². The number of hydrogen-bond acceptors (Lipinski definition) is 3. The van der Waals surface area contributed by atoms with E-state index in [4.69, 9.17) is 4.98 Å². The highest BCUT2D eigenvalue weighted by Gasteiger charge is 2.17. The summed E-state index contributed by atoms with van der Waals surface area (Å²) in [5.41, 5.74) is 6.59. The molecule has 0 unspecified atom stereocenters. The van der Waals surface area contributed by atoms with Crippen LogP contribution in [0.4, 0.5) is 0 Å². The van der Waals surface area contributed by atoms with Crippen molar-refractivity contribution >= 4 is 17.3 Å². The molecule has 33 heavy (non-hydrogen) atoms. The van der Waals surface area contributed by atoms with Crippen molar-refractivity contribution in [3.8, 4) is 22.4 Å². The average molecular weight is 440 g/mol. The molecule has 1 amide bonds. The fourth-order valence-electron chi connectivity index (χ4n) is 4.19. The standard InChI is InChI=1S/C28H29N3O2/c1-4-30(5-2)27(33)18-16-25-28(23-9-7-6-8-10-23)29-26-17-15-24(19-31(25)26)22-13-11-21(12-14-22)20(3)32/h6-15,17,19H,4-5,16,18H2,1-3H3. The second kappa shape index (κ2) is 9.82. The van der Waals surface area contributed by atoms with Gasteiger partial charge in [-0.25, -0.2) is 4.98 Å². The second-order valence-electron chi connectivity index (χ2n) is 8.12. The van der Waals surface area contributed by atoms with Crippen molar-refractivity contribution in [2.75, 3.05) is 13.1 Å². The van der Waals surface area contributed by atoms with Crippen molar-refractivity contribution in [3.05, 3.63) is 84.2 Å². The molecule has 168 valence electrons. The van der Waals surface area contributed by atoms with Crippen LogP contribution in [0.15, 0.2) is 72.9 Å². The molecule has 0 fully saturated rings. The number of aryl methyl sites for hydroxylation is 1. The first-order valence-corrected chi connectivity index (χ1v) is 11.5. The number of rotatable bonds is 8. The fourth-order valence-corrected chi connectivity index (χ4v) is 4.19. The minimum absolute atomic E-state index is 0.0549. The summed E-state index contributed by atoms with van der Waals surface area (Å²) in [6, 6.07) is 21.8. The maximum Gasteiger partial charge on any atom is 0.222 e. The molecule has 0 aliphatic carbocycles. The Morgan fingerprint density at radius 2 is 1.52 bits per heavy atom. The SMILES string of the molecule is CCN(CC)C(=O)CCc1c(-c2ccccc2)nc2ccc(-c3ccc(C(C)=O)cc3)cn12. The Hall–Kier alpha value is -3.73. The van der Waals surface area contributed by atoms with Gasteiger partial charge >= 0.3 is 0 Å². The Morgan fingerprint density at radius 3 is 2.15 bits per heavy atom. The number of carbonyl (C=O) groups excluding carboxylic acids is 2. The molecule has 2 heterocycles. The van der Waals surface area contributed by atoms with Gasteiger partial charge in [0.25, 0.3) is 0 Å². The maximum absolute atomic E-state index is 12.7. The van der Waals surface area contributed by atoms with Crippen LogP contribution in [-0.2, 0) is 11.2 Å². The number of benzene rings is 2. The summed E-state index contributed by atoms with van der Waals surface area (Å²) in [7, 11) is 0. The van der Waals surface area contributed by atoms with E-state index in [1.807, 2.05) is 73.3 Å². The maximum atomic E-state index is 12.7. The zero-order valence-electron chi connectivity index (χ0n) is 19.4. The third kappa shape index (κ3) is 4.72. The van der Waals surface area contributed by atoms with Gasteiger partial charge in [-0.15, -0.1) is 0 Å². The van der Waals surface area contributed by atoms with E-state index < -0.39 is 0 Å². The second-order valence-corrected chi connectivity index (χ2v) is 8.12. The van der Waals surface area contributed by atoms with Gasteiger partial charge in [-0.05, 0) is 50.5 Å². The monoisotopic (exact) mass is 439 g/mol. The molecule has 0 saturated heterocycles. The quantitative estimate of drug-likeness (QED) is 0.332. The molecular formula is C28H29N3O2. The van der Waals surface area contributed by atoms with Crippen LogP contribution in [0.2, 0.25) is 0 Å². The lowest BCUT2D eigenvalue weighted by molar-refractivity contribution is -0.130. The summed E-state index contributed by atoms with van der Waals surface area (Å²) < 4.78 is 2.10. The number of carbonyl (C=O) groups is 2. The van der Waals surface area contributed by atoms with Gasteiger partial charge in [-0.3, -0.25) is 9.59 Å². The predicted octanol–water partition coefficient (Wildman–Crippen LogP) is 5.67. The number of pyridine rings is 1. The summed E-state index contributed by atoms with van der Waals surface area (Å²) in [6.45, 7) is 7.02. The van der Waals surface area contributed by atoms with Crippen LogP contribution in [0.5, 0.6) is 0 Å². The first kappa shape index (κ1) is 22.5. The molecule has 5 nitrogen and oxygen atoms in total. The van der Waals surface area contributed by atoms with E-state index >= 15 is 0 Å². The first-order valence-electron chi connectivity index (χ1n) is 11.5. The Morgan fingerprint density at radius 1 is 0.848 bits per heavy atom. The number of aromatic nitrogens is 2. The molecule has 0 saturated carbocycles. The van der Waals surface area contributed by atoms with Crippen LogP contribution in [0.3, 0.4) is 0 Å². The van der Waals surface area contributed by atoms with Crippen molar-refractivity contribution < 1.29 is 9.59 Å². The number of imidazole rings is 1. The molecule has 2 aromatic heterocycles. The summed E-state index contributed by atoms with van der Waals surface area (Å²) in [5.74, 6) is 0.212. The van der Waals surface area contributed by atoms with Crippen molar-refractivity contribution in [1.82, 2.24) is 14.3 Å². The molecule has 0 bridgehead atoms. The highest BCUT2D eigenvalue weighted by Crippen LogP contribution is 2.28. The summed E-state index contributed by atoms with van der Waals surface area (Å²) in [6.07, 6.45) is 3.12. The number of nitrogens with zero attached hydrogens (tertiary/aromatic N) is 3. The molecule has 0 aliphatic heterocycles. The third-order valence-corrected chi connectivity index (χ3v) is 6.08. The molecule has 4 rings (SSSR count). The number of Topliss-reactive ketones (excluding diaryl/α,β-unsaturated/α-hetero) is 1. The van der Waals surface area contributed by atoms with E-state index in [0.29, 0.717) is 31.5 Å². The van der Waals surface area contributed by atoms with E-state index in [-0.39, 0.29) is 11.7 Å². The molecular weight excluding hydrogens is 410 g/mol. The third-order valence-electron chi connectivity index (χ3n) is 6.08. The van der Waals surface area contributed by atoms with Crippen molar-refractivity contribution in [3.63, 3.8) is 0 Å². The van der Waals surface area contributed by atoms with Gasteiger partial charge in [-0.1, -0.05) is 54.6 Å². The number of amides is 1. The molecule has 0 spiro atoms. The van der Waals surface area contributed by atoms with Gasteiger partial charge in [0.15, 0.2) is 5.78 Å². The smallest absolute Gasteiger partial charge is 0.222 e. The Kier molecular flexibility index (Phi) is 6.68. The van der Waals surface area contributed by atoms with Crippen LogP contribution in [0, 0.1) is 0 Å². The zero-order chi connectivity index (χ0) is 23.4. The summed E-state index contributed by atoms with van der Waals surface area (Å²) >= 11 is 0. The van der Waals surface area contributed by atoms with Crippen molar-refractivity contribution in [1.29, 1.82) is 0 Å².